The molecule has 44 heavy (non-hydrogen) atoms. The number of benzene rings is 2. The van der Waals surface area contributed by atoms with E-state index in [9.17, 15) is 43.0 Å². The maximum Gasteiger partial charge on any atom is 0.410 e. The van der Waals surface area contributed by atoms with Crippen molar-refractivity contribution in [3.63, 3.8) is 0 Å². The van der Waals surface area contributed by atoms with E-state index in [4.69, 9.17) is 19.4 Å². The molecule has 2 heterocycles. The van der Waals surface area contributed by atoms with Crippen molar-refractivity contribution in [3.8, 4) is 0 Å². The second kappa shape index (κ2) is 13.2. The Labute approximate surface area is 250 Å². The molecule has 0 bridgehead atoms. The first-order chi connectivity index (χ1) is 20.7. The maximum atomic E-state index is 13.2. The minimum atomic E-state index is -3.89. The molecule has 18 heteroatoms. The summed E-state index contributed by atoms with van der Waals surface area (Å²) in [7, 11) is -3.89. The zero-order chi connectivity index (χ0) is 32.2. The van der Waals surface area contributed by atoms with E-state index >= 15 is 0 Å². The quantitative estimate of drug-likeness (QED) is 0.225. The standard InChI is InChI=1S/C26H29N5O12S/c1-44(39,40)43-21-11-22(29(13-21)26(34)42-15-17-4-8-20(9-5-17)31(37)38)18-10-23(24(27)32)28(12-18)25(33)41-14-16-2-6-19(7-3-16)30(35)36/h2-9,18,21-23H,10-15H2,1H3,(H2,27,32)/t18?,21-,22+,23?/m1/s1. The van der Waals surface area contributed by atoms with Crippen LogP contribution in [0.2, 0.25) is 0 Å². The molecule has 2 N–H and O–H groups in total. The second-order valence-electron chi connectivity index (χ2n) is 10.4. The first kappa shape index (κ1) is 32.1. The van der Waals surface area contributed by atoms with Crippen LogP contribution in [0.4, 0.5) is 21.0 Å². The summed E-state index contributed by atoms with van der Waals surface area (Å²) in [5.41, 5.74) is 6.25. The van der Waals surface area contributed by atoms with Gasteiger partial charge < -0.3 is 20.1 Å². The highest BCUT2D eigenvalue weighted by atomic mass is 32.2. The van der Waals surface area contributed by atoms with Crippen molar-refractivity contribution in [2.24, 2.45) is 11.7 Å². The van der Waals surface area contributed by atoms with E-state index < -0.39 is 62.2 Å². The fraction of sp³-hybridized carbons (Fsp3) is 0.423. The molecule has 0 aromatic heterocycles. The summed E-state index contributed by atoms with van der Waals surface area (Å²) < 4.78 is 39.6. The normalized spacial score (nSPS) is 21.6. The van der Waals surface area contributed by atoms with Gasteiger partial charge in [0.1, 0.15) is 19.3 Å². The van der Waals surface area contributed by atoms with Crippen LogP contribution >= 0.6 is 0 Å². The van der Waals surface area contributed by atoms with E-state index in [1.165, 1.54) is 53.4 Å². The zero-order valence-electron chi connectivity index (χ0n) is 23.3. The van der Waals surface area contributed by atoms with E-state index in [2.05, 4.69) is 0 Å². The van der Waals surface area contributed by atoms with Gasteiger partial charge in [-0.3, -0.25) is 34.1 Å². The van der Waals surface area contributed by atoms with Gasteiger partial charge in [-0.05, 0) is 54.2 Å². The molecule has 3 amide bonds. The number of primary amides is 1. The van der Waals surface area contributed by atoms with Gasteiger partial charge in [0.25, 0.3) is 21.5 Å². The van der Waals surface area contributed by atoms with E-state index in [0.29, 0.717) is 11.1 Å². The number of hydrogen-bond acceptors (Lipinski definition) is 12. The first-order valence-corrected chi connectivity index (χ1v) is 15.0. The van der Waals surface area contributed by atoms with Crippen LogP contribution in [-0.2, 0) is 41.8 Å². The van der Waals surface area contributed by atoms with Crippen molar-refractivity contribution in [3.05, 3.63) is 79.9 Å². The third-order valence-corrected chi connectivity index (χ3v) is 7.93. The molecule has 2 fully saturated rings. The van der Waals surface area contributed by atoms with Crippen LogP contribution in [-0.4, -0.2) is 83.7 Å². The van der Waals surface area contributed by atoms with Crippen LogP contribution < -0.4 is 5.73 Å². The molecule has 2 unspecified atom stereocenters. The number of ether oxygens (including phenoxy) is 2. The van der Waals surface area contributed by atoms with Gasteiger partial charge in [-0.2, -0.15) is 8.42 Å². The van der Waals surface area contributed by atoms with Crippen LogP contribution in [0.25, 0.3) is 0 Å². The lowest BCUT2D eigenvalue weighted by Gasteiger charge is -2.28. The van der Waals surface area contributed by atoms with Crippen LogP contribution in [0.3, 0.4) is 0 Å². The van der Waals surface area contributed by atoms with Gasteiger partial charge in [0.05, 0.1) is 28.8 Å². The lowest BCUT2D eigenvalue weighted by atomic mass is 9.94. The Morgan fingerprint density at radius 1 is 0.841 bits per heavy atom. The minimum Gasteiger partial charge on any atom is -0.445 e. The van der Waals surface area contributed by atoms with Gasteiger partial charge in [0.15, 0.2) is 0 Å². The van der Waals surface area contributed by atoms with Crippen LogP contribution in [0.15, 0.2) is 48.5 Å². The van der Waals surface area contributed by atoms with Crippen molar-refractivity contribution in [1.82, 2.24) is 9.80 Å². The van der Waals surface area contributed by atoms with Crippen LogP contribution in [0, 0.1) is 26.1 Å². The molecule has 17 nitrogen and oxygen atoms in total. The molecule has 2 aliphatic heterocycles. The third kappa shape index (κ3) is 7.95. The average Bonchev–Trinajstić information content (AvgIpc) is 3.59. The molecular formula is C26H29N5O12S. The molecule has 0 saturated carbocycles. The third-order valence-electron chi connectivity index (χ3n) is 7.31. The molecule has 2 aliphatic rings. The van der Waals surface area contributed by atoms with Gasteiger partial charge >= 0.3 is 12.2 Å². The maximum absolute atomic E-state index is 13.2. The fourth-order valence-electron chi connectivity index (χ4n) is 5.30. The Kier molecular flexibility index (Phi) is 9.63. The molecule has 0 spiro atoms. The Bertz CT molecular complexity index is 1530. The molecule has 2 aromatic carbocycles. The Hall–Kier alpha value is -4.84. The predicted octanol–water partition coefficient (Wildman–Crippen LogP) is 2.07. The van der Waals surface area contributed by atoms with E-state index in [1.54, 1.807) is 0 Å². The fourth-order valence-corrected chi connectivity index (χ4v) is 5.94. The number of carbonyl (C=O) groups is 3. The largest absolute Gasteiger partial charge is 0.445 e. The van der Waals surface area contributed by atoms with E-state index in [1.807, 2.05) is 0 Å². The smallest absolute Gasteiger partial charge is 0.410 e. The molecule has 2 aromatic rings. The average molecular weight is 636 g/mol. The summed E-state index contributed by atoms with van der Waals surface area (Å²) >= 11 is 0. The lowest BCUT2D eigenvalue weighted by Crippen LogP contribution is -2.44. The molecule has 236 valence electrons. The molecule has 0 aliphatic carbocycles. The minimum absolute atomic E-state index is 0.0460. The summed E-state index contributed by atoms with van der Waals surface area (Å²) in [6, 6.07) is 8.93. The molecule has 2 saturated heterocycles. The van der Waals surface area contributed by atoms with Crippen LogP contribution in [0.1, 0.15) is 24.0 Å². The van der Waals surface area contributed by atoms with Crippen molar-refractivity contribution < 1.29 is 46.3 Å². The Morgan fingerprint density at radius 3 is 1.75 bits per heavy atom. The van der Waals surface area contributed by atoms with Gasteiger partial charge in [-0.15, -0.1) is 0 Å². The first-order valence-electron chi connectivity index (χ1n) is 13.2. The lowest BCUT2D eigenvalue weighted by molar-refractivity contribution is -0.385. The van der Waals surface area contributed by atoms with Crippen molar-refractivity contribution in [1.29, 1.82) is 0 Å². The molecular weight excluding hydrogens is 606 g/mol. The highest BCUT2D eigenvalue weighted by molar-refractivity contribution is 7.86. The highest BCUT2D eigenvalue weighted by Gasteiger charge is 2.49. The number of rotatable bonds is 10. The molecule has 4 rings (SSSR count). The van der Waals surface area contributed by atoms with Crippen molar-refractivity contribution in [2.45, 2.75) is 44.2 Å². The van der Waals surface area contributed by atoms with Crippen molar-refractivity contribution in [2.75, 3.05) is 19.3 Å². The summed E-state index contributed by atoms with van der Waals surface area (Å²) in [4.78, 5) is 61.5. The summed E-state index contributed by atoms with van der Waals surface area (Å²) in [6.07, 6.45) is -1.63. The number of likely N-dealkylation sites (tertiary alicyclic amines) is 2. The number of nitro benzene ring substituents is 2. The van der Waals surface area contributed by atoms with E-state index in [-0.39, 0.29) is 50.5 Å². The number of nitrogens with zero attached hydrogens (tertiary/aromatic N) is 4. The number of carbonyl (C=O) groups excluding carboxylic acids is 3. The second-order valence-corrected chi connectivity index (χ2v) is 12.0. The number of amides is 3. The predicted molar refractivity (Wildman–Crippen MR) is 149 cm³/mol. The molecule has 0 radical (unpaired) electrons. The van der Waals surface area contributed by atoms with Crippen molar-refractivity contribution >= 4 is 39.6 Å². The van der Waals surface area contributed by atoms with Gasteiger partial charge in [-0.1, -0.05) is 0 Å². The molecule has 4 atom stereocenters. The SMILES string of the molecule is CS(=O)(=O)O[C@@H]1C[C@@H](C2CC(C(N)=O)N(C(=O)OCc3ccc([N+](=O)[O-])cc3)C2)N(C(=O)OCc2ccc([N+](=O)[O-])cc2)C1. The summed E-state index contributed by atoms with van der Waals surface area (Å²) in [6.45, 7) is -0.681. The van der Waals surface area contributed by atoms with Gasteiger partial charge in [-0.25, -0.2) is 9.59 Å². The zero-order valence-corrected chi connectivity index (χ0v) is 24.2. The van der Waals surface area contributed by atoms with Gasteiger partial charge in [0, 0.05) is 36.9 Å². The van der Waals surface area contributed by atoms with E-state index in [0.717, 1.165) is 11.2 Å². The Morgan fingerprint density at radius 2 is 1.32 bits per heavy atom. The number of nitro groups is 2. The summed E-state index contributed by atoms with van der Waals surface area (Å²) in [5.74, 6) is -1.35. The summed E-state index contributed by atoms with van der Waals surface area (Å²) in [5, 5.41) is 21.7. The van der Waals surface area contributed by atoms with Crippen LogP contribution in [0.5, 0.6) is 0 Å². The number of nitrogens with two attached hydrogens (primary N) is 1. The Balaban J connectivity index is 1.46. The number of hydrogen-bond donors (Lipinski definition) is 1. The van der Waals surface area contributed by atoms with Gasteiger partial charge in [0.2, 0.25) is 5.91 Å². The monoisotopic (exact) mass is 635 g/mol. The topological polar surface area (TPSA) is 232 Å². The highest BCUT2D eigenvalue weighted by Crippen LogP contribution is 2.36. The number of non-ortho nitro benzene ring substituents is 2.